The molecule has 0 aromatic carbocycles. The lowest BCUT2D eigenvalue weighted by molar-refractivity contribution is 0.153. The molecule has 4 N–H and O–H groups in total. The molecule has 1 aliphatic carbocycles. The molecular formula is C22H32N6O3. The Morgan fingerprint density at radius 2 is 1.90 bits per heavy atom. The molecule has 168 valence electrons. The van der Waals surface area contributed by atoms with E-state index in [4.69, 9.17) is 25.8 Å². The monoisotopic (exact) mass is 428 g/mol. The van der Waals surface area contributed by atoms with Gasteiger partial charge in [0.2, 0.25) is 5.88 Å². The van der Waals surface area contributed by atoms with Gasteiger partial charge in [0.15, 0.2) is 0 Å². The molecule has 9 heteroatoms. The predicted octanol–water partition coefficient (Wildman–Crippen LogP) is 2.80. The molecule has 0 spiro atoms. The smallest absolute Gasteiger partial charge is 0.320 e. The van der Waals surface area contributed by atoms with Crippen LogP contribution in [0.1, 0.15) is 50.4 Å². The van der Waals surface area contributed by atoms with Crippen LogP contribution in [0.5, 0.6) is 17.6 Å². The fraction of sp³-hybridized carbons (Fsp3) is 0.500. The second-order valence-electron chi connectivity index (χ2n) is 7.53. The number of rotatable bonds is 9. The number of pyridine rings is 1. The zero-order valence-electron chi connectivity index (χ0n) is 18.5. The summed E-state index contributed by atoms with van der Waals surface area (Å²) < 4.78 is 17.2. The van der Waals surface area contributed by atoms with Crippen LogP contribution in [0.25, 0.3) is 5.70 Å². The van der Waals surface area contributed by atoms with Gasteiger partial charge in [0.05, 0.1) is 35.5 Å². The Morgan fingerprint density at radius 1 is 1.13 bits per heavy atom. The van der Waals surface area contributed by atoms with Crippen LogP contribution in [0, 0.1) is 6.92 Å². The highest BCUT2D eigenvalue weighted by Gasteiger charge is 2.18. The molecule has 0 saturated heterocycles. The van der Waals surface area contributed by atoms with Crippen molar-refractivity contribution in [3.05, 3.63) is 41.5 Å². The SMILES string of the molecule is CCOc1ccnc(OC/C(=C(/N)c2ccc(OC3CCCCC3)c(C)n2)N(C)N)n1. The van der Waals surface area contributed by atoms with Crippen molar-refractivity contribution in [1.29, 1.82) is 0 Å². The molecule has 0 aliphatic heterocycles. The van der Waals surface area contributed by atoms with E-state index in [1.54, 1.807) is 19.3 Å². The number of nitrogens with zero attached hydrogens (tertiary/aromatic N) is 4. The van der Waals surface area contributed by atoms with E-state index in [9.17, 15) is 0 Å². The summed E-state index contributed by atoms with van der Waals surface area (Å²) in [6.45, 7) is 4.39. The van der Waals surface area contributed by atoms with E-state index >= 15 is 0 Å². The van der Waals surface area contributed by atoms with Gasteiger partial charge in [-0.2, -0.15) is 4.98 Å². The predicted molar refractivity (Wildman–Crippen MR) is 118 cm³/mol. The van der Waals surface area contributed by atoms with Gasteiger partial charge in [-0.15, -0.1) is 0 Å². The average molecular weight is 429 g/mol. The Balaban J connectivity index is 1.74. The Morgan fingerprint density at radius 3 is 2.58 bits per heavy atom. The first-order valence-electron chi connectivity index (χ1n) is 10.7. The molecule has 1 saturated carbocycles. The Labute approximate surface area is 183 Å². The zero-order valence-corrected chi connectivity index (χ0v) is 18.5. The van der Waals surface area contributed by atoms with E-state index in [2.05, 4.69) is 15.0 Å². The van der Waals surface area contributed by atoms with Crippen LogP contribution >= 0.6 is 0 Å². The normalized spacial score (nSPS) is 15.2. The van der Waals surface area contributed by atoms with Gasteiger partial charge >= 0.3 is 6.01 Å². The van der Waals surface area contributed by atoms with Gasteiger partial charge in [0.25, 0.3) is 0 Å². The van der Waals surface area contributed by atoms with Crippen molar-refractivity contribution in [3.8, 4) is 17.6 Å². The van der Waals surface area contributed by atoms with Crippen molar-refractivity contribution in [2.24, 2.45) is 11.6 Å². The average Bonchev–Trinajstić information content (AvgIpc) is 2.76. The molecule has 0 bridgehead atoms. The van der Waals surface area contributed by atoms with Gasteiger partial charge in [-0.05, 0) is 51.7 Å². The zero-order chi connectivity index (χ0) is 22.2. The largest absolute Gasteiger partial charge is 0.489 e. The van der Waals surface area contributed by atoms with Crippen LogP contribution in [-0.2, 0) is 0 Å². The molecule has 9 nitrogen and oxygen atoms in total. The number of hydrogen-bond acceptors (Lipinski definition) is 9. The molecule has 1 aliphatic rings. The minimum Gasteiger partial charge on any atom is -0.489 e. The number of hydrogen-bond donors (Lipinski definition) is 2. The molecule has 0 unspecified atom stereocenters. The van der Waals surface area contributed by atoms with Crippen LogP contribution in [0.2, 0.25) is 0 Å². The summed E-state index contributed by atoms with van der Waals surface area (Å²) >= 11 is 0. The highest BCUT2D eigenvalue weighted by Crippen LogP contribution is 2.26. The lowest BCUT2D eigenvalue weighted by Gasteiger charge is -2.24. The van der Waals surface area contributed by atoms with Crippen molar-refractivity contribution in [3.63, 3.8) is 0 Å². The third kappa shape index (κ3) is 6.21. The first kappa shape index (κ1) is 22.6. The Kier molecular flexibility index (Phi) is 7.88. The maximum Gasteiger partial charge on any atom is 0.320 e. The third-order valence-electron chi connectivity index (χ3n) is 5.13. The molecule has 2 aromatic rings. The van der Waals surface area contributed by atoms with Crippen LogP contribution in [-0.4, -0.2) is 46.3 Å². The fourth-order valence-corrected chi connectivity index (χ4v) is 3.46. The fourth-order valence-electron chi connectivity index (χ4n) is 3.46. The van der Waals surface area contributed by atoms with Crippen LogP contribution < -0.4 is 25.8 Å². The quantitative estimate of drug-likeness (QED) is 0.458. The number of ether oxygens (including phenoxy) is 3. The van der Waals surface area contributed by atoms with Crippen molar-refractivity contribution < 1.29 is 14.2 Å². The van der Waals surface area contributed by atoms with Crippen LogP contribution in [0.3, 0.4) is 0 Å². The molecule has 3 rings (SSSR count). The number of aryl methyl sites for hydroxylation is 1. The Bertz CT molecular complexity index is 897. The minimum absolute atomic E-state index is 0.0788. The lowest BCUT2D eigenvalue weighted by Crippen LogP contribution is -2.31. The van der Waals surface area contributed by atoms with E-state index < -0.39 is 0 Å². The standard InChI is InChI=1S/C22H32N6O3/c1-4-29-20-12-13-25-22(27-20)30-14-18(28(3)24)21(23)17-10-11-19(15(2)26-17)31-16-8-6-5-7-9-16/h10-13,16H,4-9,14,23-24H2,1-3H3/b21-18-. The second-order valence-corrected chi connectivity index (χ2v) is 7.53. The molecule has 0 atom stereocenters. The van der Waals surface area contributed by atoms with E-state index in [0.717, 1.165) is 24.3 Å². The molecule has 31 heavy (non-hydrogen) atoms. The second kappa shape index (κ2) is 10.8. The number of nitrogens with two attached hydrogens (primary N) is 2. The number of aromatic nitrogens is 3. The van der Waals surface area contributed by atoms with Crippen molar-refractivity contribution in [2.45, 2.75) is 52.1 Å². The number of likely N-dealkylation sites (N-methyl/N-ethyl adjacent to an activating group) is 1. The topological polar surface area (TPSA) is 122 Å². The van der Waals surface area contributed by atoms with Crippen LogP contribution in [0.4, 0.5) is 0 Å². The molecule has 0 amide bonds. The summed E-state index contributed by atoms with van der Waals surface area (Å²) in [6, 6.07) is 5.61. The van der Waals surface area contributed by atoms with E-state index in [-0.39, 0.29) is 18.7 Å². The first-order chi connectivity index (χ1) is 15.0. The maximum atomic E-state index is 6.39. The van der Waals surface area contributed by atoms with Crippen LogP contribution in [0.15, 0.2) is 30.1 Å². The van der Waals surface area contributed by atoms with Gasteiger partial charge < -0.3 is 25.0 Å². The van der Waals surface area contributed by atoms with Crippen molar-refractivity contribution in [2.75, 3.05) is 20.3 Å². The minimum atomic E-state index is 0.0788. The highest BCUT2D eigenvalue weighted by molar-refractivity contribution is 5.63. The highest BCUT2D eigenvalue weighted by atomic mass is 16.5. The van der Waals surface area contributed by atoms with Crippen molar-refractivity contribution >= 4 is 5.70 Å². The molecule has 1 fully saturated rings. The van der Waals surface area contributed by atoms with Gasteiger partial charge in [-0.25, -0.2) is 15.8 Å². The third-order valence-corrected chi connectivity index (χ3v) is 5.13. The summed E-state index contributed by atoms with van der Waals surface area (Å²) in [5, 5.41) is 1.41. The first-order valence-corrected chi connectivity index (χ1v) is 10.7. The van der Waals surface area contributed by atoms with E-state index in [0.29, 0.717) is 29.6 Å². The summed E-state index contributed by atoms with van der Waals surface area (Å²) in [6.07, 6.45) is 7.74. The van der Waals surface area contributed by atoms with Gasteiger partial charge in [0, 0.05) is 19.3 Å². The van der Waals surface area contributed by atoms with E-state index in [1.165, 1.54) is 24.3 Å². The van der Waals surface area contributed by atoms with Gasteiger partial charge in [-0.1, -0.05) is 6.42 Å². The maximum absolute atomic E-state index is 6.39. The number of hydrazine groups is 1. The molecule has 2 heterocycles. The summed E-state index contributed by atoms with van der Waals surface area (Å²) in [5.74, 6) is 7.24. The molecule has 0 radical (unpaired) electrons. The lowest BCUT2D eigenvalue weighted by atomic mass is 9.98. The van der Waals surface area contributed by atoms with Gasteiger partial charge in [-0.3, -0.25) is 0 Å². The molecular weight excluding hydrogens is 396 g/mol. The van der Waals surface area contributed by atoms with Crippen molar-refractivity contribution in [1.82, 2.24) is 20.0 Å². The summed E-state index contributed by atoms with van der Waals surface area (Å²) in [4.78, 5) is 12.9. The summed E-state index contributed by atoms with van der Waals surface area (Å²) in [7, 11) is 1.69. The Hall–Kier alpha value is -3.07. The van der Waals surface area contributed by atoms with Gasteiger partial charge in [0.1, 0.15) is 12.4 Å². The summed E-state index contributed by atoms with van der Waals surface area (Å²) in [5.41, 5.74) is 8.76. The van der Waals surface area contributed by atoms with E-state index in [1.807, 2.05) is 26.0 Å². The molecule has 2 aromatic heterocycles.